The molecule has 0 spiro atoms. The summed E-state index contributed by atoms with van der Waals surface area (Å²) in [5, 5.41) is 3.41. The summed E-state index contributed by atoms with van der Waals surface area (Å²) < 4.78 is 1.44. The largest absolute Gasteiger partial charge is 0.377 e. The van der Waals surface area contributed by atoms with E-state index in [4.69, 9.17) is 23.2 Å². The van der Waals surface area contributed by atoms with Gasteiger partial charge in [-0.15, -0.1) is 11.3 Å². The van der Waals surface area contributed by atoms with Gasteiger partial charge in [0, 0.05) is 11.3 Å². The van der Waals surface area contributed by atoms with E-state index in [1.165, 1.54) is 11.3 Å². The number of aromatic nitrogens is 1. The molecule has 0 amide bonds. The third-order valence-electron chi connectivity index (χ3n) is 2.75. The fraction of sp³-hybridized carbons (Fsp3) is 0.308. The SMILES string of the molecule is Cc1ccc(NC(C)c2cc(Cl)sc2Cl)c(C)n1. The average Bonchev–Trinajstić information content (AvgIpc) is 2.62. The topological polar surface area (TPSA) is 24.9 Å². The molecular formula is C13H14Cl2N2S. The first-order valence-corrected chi connectivity index (χ1v) is 7.20. The second-order valence-electron chi connectivity index (χ2n) is 4.23. The first-order chi connectivity index (χ1) is 8.47. The number of thiophene rings is 1. The first kappa shape index (κ1) is 13.7. The Labute approximate surface area is 121 Å². The summed E-state index contributed by atoms with van der Waals surface area (Å²) in [4.78, 5) is 4.43. The summed E-state index contributed by atoms with van der Waals surface area (Å²) in [6.45, 7) is 6.03. The molecular weight excluding hydrogens is 287 g/mol. The Morgan fingerprint density at radius 2 is 2.00 bits per heavy atom. The summed E-state index contributed by atoms with van der Waals surface area (Å²) in [5.41, 5.74) is 4.04. The molecule has 0 saturated heterocycles. The quantitative estimate of drug-likeness (QED) is 0.838. The molecule has 5 heteroatoms. The molecule has 0 fully saturated rings. The lowest BCUT2D eigenvalue weighted by Gasteiger charge is -2.16. The highest BCUT2D eigenvalue weighted by Gasteiger charge is 2.14. The highest BCUT2D eigenvalue weighted by atomic mass is 35.5. The van der Waals surface area contributed by atoms with Crippen LogP contribution >= 0.6 is 34.5 Å². The van der Waals surface area contributed by atoms with Crippen molar-refractivity contribution in [1.29, 1.82) is 0 Å². The molecule has 1 N–H and O–H groups in total. The van der Waals surface area contributed by atoms with Gasteiger partial charge in [-0.3, -0.25) is 4.98 Å². The molecule has 0 aliphatic carbocycles. The lowest BCUT2D eigenvalue weighted by molar-refractivity contribution is 0.883. The van der Waals surface area contributed by atoms with Crippen molar-refractivity contribution >= 4 is 40.2 Å². The lowest BCUT2D eigenvalue weighted by Crippen LogP contribution is -2.08. The Bertz CT molecular complexity index is 566. The highest BCUT2D eigenvalue weighted by Crippen LogP contribution is 2.36. The Balaban J connectivity index is 2.21. The van der Waals surface area contributed by atoms with Gasteiger partial charge in [0.15, 0.2) is 0 Å². The minimum atomic E-state index is 0.101. The van der Waals surface area contributed by atoms with Crippen LogP contribution in [0, 0.1) is 13.8 Å². The first-order valence-electron chi connectivity index (χ1n) is 5.63. The van der Waals surface area contributed by atoms with Crippen LogP contribution in [0.15, 0.2) is 18.2 Å². The van der Waals surface area contributed by atoms with Gasteiger partial charge in [-0.1, -0.05) is 23.2 Å². The van der Waals surface area contributed by atoms with Gasteiger partial charge in [0.25, 0.3) is 0 Å². The van der Waals surface area contributed by atoms with Crippen LogP contribution in [0.5, 0.6) is 0 Å². The van der Waals surface area contributed by atoms with E-state index in [0.717, 1.165) is 27.0 Å². The molecule has 0 bridgehead atoms. The van der Waals surface area contributed by atoms with Crippen LogP contribution in [0.1, 0.15) is 29.9 Å². The predicted molar refractivity (Wildman–Crippen MR) is 80.1 cm³/mol. The van der Waals surface area contributed by atoms with E-state index in [9.17, 15) is 0 Å². The third kappa shape index (κ3) is 2.97. The number of anilines is 1. The van der Waals surface area contributed by atoms with Crippen molar-refractivity contribution in [1.82, 2.24) is 4.98 Å². The van der Waals surface area contributed by atoms with Crippen LogP contribution in [0.2, 0.25) is 8.67 Å². The number of hydrogen-bond acceptors (Lipinski definition) is 3. The van der Waals surface area contributed by atoms with Crippen LogP contribution in [0.3, 0.4) is 0 Å². The molecule has 18 heavy (non-hydrogen) atoms. The molecule has 0 radical (unpaired) electrons. The van der Waals surface area contributed by atoms with E-state index in [-0.39, 0.29) is 6.04 Å². The van der Waals surface area contributed by atoms with Crippen molar-refractivity contribution in [2.45, 2.75) is 26.8 Å². The molecule has 1 atom stereocenters. The van der Waals surface area contributed by atoms with E-state index in [2.05, 4.69) is 17.2 Å². The molecule has 0 aliphatic rings. The second kappa shape index (κ2) is 5.47. The standard InChI is InChI=1S/C13H14Cl2N2S/c1-7-4-5-11(9(3)16-7)17-8(2)10-6-12(14)18-13(10)15/h4-6,8,17H,1-3H3. The minimum Gasteiger partial charge on any atom is -0.377 e. The molecule has 0 aliphatic heterocycles. The number of aryl methyl sites for hydroxylation is 2. The van der Waals surface area contributed by atoms with Crippen LogP contribution in [-0.2, 0) is 0 Å². The van der Waals surface area contributed by atoms with Crippen molar-refractivity contribution in [2.75, 3.05) is 5.32 Å². The molecule has 2 heterocycles. The molecule has 1 unspecified atom stereocenters. The molecule has 2 aromatic rings. The van der Waals surface area contributed by atoms with Gasteiger partial charge in [0.2, 0.25) is 0 Å². The zero-order valence-electron chi connectivity index (χ0n) is 10.4. The highest BCUT2D eigenvalue weighted by molar-refractivity contribution is 7.20. The molecule has 0 aromatic carbocycles. The Kier molecular flexibility index (Phi) is 4.15. The van der Waals surface area contributed by atoms with Gasteiger partial charge in [-0.25, -0.2) is 0 Å². The van der Waals surface area contributed by atoms with Crippen molar-refractivity contribution in [2.24, 2.45) is 0 Å². The Morgan fingerprint density at radius 3 is 2.56 bits per heavy atom. The van der Waals surface area contributed by atoms with Gasteiger partial charge in [0.05, 0.1) is 26.1 Å². The van der Waals surface area contributed by atoms with Crippen LogP contribution < -0.4 is 5.32 Å². The van der Waals surface area contributed by atoms with Crippen LogP contribution in [-0.4, -0.2) is 4.98 Å². The molecule has 2 rings (SSSR count). The fourth-order valence-corrected chi connectivity index (χ4v) is 3.44. The third-order valence-corrected chi connectivity index (χ3v) is 4.26. The van der Waals surface area contributed by atoms with Crippen molar-refractivity contribution < 1.29 is 0 Å². The number of halogens is 2. The maximum Gasteiger partial charge on any atom is 0.0996 e. The Hall–Kier alpha value is -0.770. The summed E-state index contributed by atoms with van der Waals surface area (Å²) in [6, 6.07) is 6.04. The predicted octanol–water partition coefficient (Wildman–Crippen LogP) is 5.24. The maximum atomic E-state index is 6.15. The van der Waals surface area contributed by atoms with Crippen molar-refractivity contribution in [3.05, 3.63) is 43.8 Å². The number of rotatable bonds is 3. The second-order valence-corrected chi connectivity index (χ2v) is 6.52. The van der Waals surface area contributed by atoms with Crippen LogP contribution in [0.25, 0.3) is 0 Å². The van der Waals surface area contributed by atoms with Gasteiger partial charge in [-0.05, 0) is 39.0 Å². The molecule has 2 aromatic heterocycles. The summed E-state index contributed by atoms with van der Waals surface area (Å²) in [6.07, 6.45) is 0. The summed E-state index contributed by atoms with van der Waals surface area (Å²) in [7, 11) is 0. The van der Waals surface area contributed by atoms with Gasteiger partial charge < -0.3 is 5.32 Å². The minimum absolute atomic E-state index is 0.101. The summed E-state index contributed by atoms with van der Waals surface area (Å²) in [5.74, 6) is 0. The molecule has 0 saturated carbocycles. The van der Waals surface area contributed by atoms with E-state index >= 15 is 0 Å². The smallest absolute Gasteiger partial charge is 0.0996 e. The lowest BCUT2D eigenvalue weighted by atomic mass is 10.1. The van der Waals surface area contributed by atoms with E-state index in [1.807, 2.05) is 32.0 Å². The molecule has 2 nitrogen and oxygen atoms in total. The number of pyridine rings is 1. The molecule has 96 valence electrons. The number of hydrogen-bond donors (Lipinski definition) is 1. The van der Waals surface area contributed by atoms with Gasteiger partial charge in [0.1, 0.15) is 0 Å². The fourth-order valence-electron chi connectivity index (χ4n) is 1.80. The normalized spacial score (nSPS) is 12.5. The zero-order chi connectivity index (χ0) is 13.3. The average molecular weight is 301 g/mol. The zero-order valence-corrected chi connectivity index (χ0v) is 12.7. The van der Waals surface area contributed by atoms with Gasteiger partial charge >= 0.3 is 0 Å². The maximum absolute atomic E-state index is 6.15. The number of nitrogens with one attached hydrogen (secondary N) is 1. The van der Waals surface area contributed by atoms with E-state index < -0.39 is 0 Å². The van der Waals surface area contributed by atoms with Gasteiger partial charge in [-0.2, -0.15) is 0 Å². The summed E-state index contributed by atoms with van der Waals surface area (Å²) >= 11 is 13.5. The Morgan fingerprint density at radius 1 is 1.28 bits per heavy atom. The van der Waals surface area contributed by atoms with E-state index in [1.54, 1.807) is 0 Å². The van der Waals surface area contributed by atoms with Crippen LogP contribution in [0.4, 0.5) is 5.69 Å². The van der Waals surface area contributed by atoms with Crippen molar-refractivity contribution in [3.63, 3.8) is 0 Å². The monoisotopic (exact) mass is 300 g/mol. The van der Waals surface area contributed by atoms with E-state index in [0.29, 0.717) is 4.34 Å². The number of nitrogens with zero attached hydrogens (tertiary/aromatic N) is 1. The van der Waals surface area contributed by atoms with Crippen molar-refractivity contribution in [3.8, 4) is 0 Å².